The van der Waals surface area contributed by atoms with Gasteiger partial charge in [-0.05, 0) is 24.4 Å². The van der Waals surface area contributed by atoms with E-state index in [2.05, 4.69) is 4.98 Å². The van der Waals surface area contributed by atoms with Crippen LogP contribution in [0.1, 0.15) is 17.3 Å². The van der Waals surface area contributed by atoms with Gasteiger partial charge >= 0.3 is 5.97 Å². The molecule has 1 aliphatic heterocycles. The molecule has 1 saturated heterocycles. The van der Waals surface area contributed by atoms with Crippen LogP contribution in [0.15, 0.2) is 35.1 Å². The second kappa shape index (κ2) is 7.09. The predicted molar refractivity (Wildman–Crippen MR) is 93.4 cm³/mol. The third kappa shape index (κ3) is 3.17. The van der Waals surface area contributed by atoms with E-state index in [1.165, 1.54) is 4.90 Å². The van der Waals surface area contributed by atoms with Crippen molar-refractivity contribution >= 4 is 34.5 Å². The summed E-state index contributed by atoms with van der Waals surface area (Å²) < 4.78 is 5.07. The van der Waals surface area contributed by atoms with Gasteiger partial charge in [0.25, 0.3) is 11.5 Å². The summed E-state index contributed by atoms with van der Waals surface area (Å²) >= 11 is 1.60. The lowest BCUT2D eigenvalue weighted by Crippen LogP contribution is -2.51. The van der Waals surface area contributed by atoms with E-state index in [-0.39, 0.29) is 12.2 Å². The highest BCUT2D eigenvalue weighted by molar-refractivity contribution is 7.99. The Hall–Kier alpha value is -2.28. The van der Waals surface area contributed by atoms with Gasteiger partial charge in [-0.25, -0.2) is 4.79 Å². The van der Waals surface area contributed by atoms with Crippen molar-refractivity contribution in [3.8, 4) is 0 Å². The van der Waals surface area contributed by atoms with Crippen molar-refractivity contribution in [2.45, 2.75) is 13.0 Å². The maximum atomic E-state index is 12.9. The van der Waals surface area contributed by atoms with E-state index in [1.807, 2.05) is 18.2 Å². The zero-order chi connectivity index (χ0) is 17.1. The highest BCUT2D eigenvalue weighted by atomic mass is 32.2. The Bertz CT molecular complexity index is 833. The number of nitrogens with one attached hydrogen (secondary N) is 1. The number of carbonyl (C=O) groups excluding carboxylic acids is 2. The van der Waals surface area contributed by atoms with Crippen LogP contribution < -0.4 is 5.56 Å². The third-order valence-corrected chi connectivity index (χ3v) is 4.95. The summed E-state index contributed by atoms with van der Waals surface area (Å²) in [6, 6.07) is 8.20. The number of nitrogens with zero attached hydrogens (tertiary/aromatic N) is 1. The normalized spacial score (nSPS) is 17.7. The maximum Gasteiger partial charge on any atom is 0.329 e. The predicted octanol–water partition coefficient (Wildman–Crippen LogP) is 1.65. The largest absolute Gasteiger partial charge is 0.464 e. The number of H-pyrrole nitrogens is 1. The number of amides is 1. The number of esters is 1. The fourth-order valence-electron chi connectivity index (χ4n) is 2.74. The minimum atomic E-state index is -0.651. The van der Waals surface area contributed by atoms with E-state index < -0.39 is 23.5 Å². The Labute approximate surface area is 143 Å². The molecule has 126 valence electrons. The molecule has 2 aromatic rings. The molecule has 1 N–H and O–H groups in total. The van der Waals surface area contributed by atoms with Crippen molar-refractivity contribution in [3.05, 3.63) is 46.2 Å². The second-order valence-corrected chi connectivity index (χ2v) is 6.59. The van der Waals surface area contributed by atoms with E-state index in [0.29, 0.717) is 17.8 Å². The molecule has 0 radical (unpaired) electrons. The van der Waals surface area contributed by atoms with Crippen LogP contribution in [0, 0.1) is 0 Å². The van der Waals surface area contributed by atoms with E-state index in [0.717, 1.165) is 11.1 Å². The number of fused-ring (bicyclic) bond motifs is 1. The van der Waals surface area contributed by atoms with Crippen LogP contribution in [0.5, 0.6) is 0 Å². The van der Waals surface area contributed by atoms with Gasteiger partial charge in [0.15, 0.2) is 0 Å². The monoisotopic (exact) mass is 346 g/mol. The Balaban J connectivity index is 1.96. The van der Waals surface area contributed by atoms with Gasteiger partial charge in [-0.1, -0.05) is 18.2 Å². The molecule has 0 bridgehead atoms. The van der Waals surface area contributed by atoms with Crippen LogP contribution >= 0.6 is 11.8 Å². The summed E-state index contributed by atoms with van der Waals surface area (Å²) in [6.07, 6.45) is 0. The number of aromatic nitrogens is 1. The molecule has 0 aliphatic carbocycles. The molecule has 1 amide bonds. The summed E-state index contributed by atoms with van der Waals surface area (Å²) in [5.74, 6) is 0.360. The Morgan fingerprint density at radius 2 is 2.17 bits per heavy atom. The number of aromatic amines is 1. The first kappa shape index (κ1) is 16.6. The quantitative estimate of drug-likeness (QED) is 0.855. The summed E-state index contributed by atoms with van der Waals surface area (Å²) in [5.41, 5.74) is 0.282. The van der Waals surface area contributed by atoms with Gasteiger partial charge < -0.3 is 14.6 Å². The molecule has 0 spiro atoms. The standard InChI is InChI=1S/C17H18N2O4S/c1-2-23-17(22)14-10-24-8-7-19(14)16(21)12-9-11-5-3-4-6-13(11)18-15(12)20/h3-6,9,14H,2,7-8,10H2,1H3,(H,18,20). The molecule has 1 aromatic heterocycles. The Morgan fingerprint density at radius 3 is 2.96 bits per heavy atom. The molecule has 7 heteroatoms. The van der Waals surface area contributed by atoms with E-state index in [9.17, 15) is 14.4 Å². The van der Waals surface area contributed by atoms with Gasteiger partial charge in [-0.2, -0.15) is 11.8 Å². The fraction of sp³-hybridized carbons (Fsp3) is 0.353. The van der Waals surface area contributed by atoms with Crippen molar-refractivity contribution in [1.29, 1.82) is 0 Å². The third-order valence-electron chi connectivity index (χ3n) is 3.93. The van der Waals surface area contributed by atoms with Gasteiger partial charge in [-0.3, -0.25) is 9.59 Å². The topological polar surface area (TPSA) is 79.5 Å². The maximum absolute atomic E-state index is 12.9. The lowest BCUT2D eigenvalue weighted by Gasteiger charge is -2.33. The highest BCUT2D eigenvalue weighted by Gasteiger charge is 2.35. The van der Waals surface area contributed by atoms with Gasteiger partial charge in [0, 0.05) is 23.6 Å². The Kier molecular flexibility index (Phi) is 4.89. The molecule has 0 saturated carbocycles. The van der Waals surface area contributed by atoms with Gasteiger partial charge in [-0.15, -0.1) is 0 Å². The number of benzene rings is 1. The van der Waals surface area contributed by atoms with Crippen molar-refractivity contribution in [2.24, 2.45) is 0 Å². The molecule has 24 heavy (non-hydrogen) atoms. The zero-order valence-corrected chi connectivity index (χ0v) is 14.1. The second-order valence-electron chi connectivity index (χ2n) is 5.44. The fourth-order valence-corrected chi connectivity index (χ4v) is 3.77. The average molecular weight is 346 g/mol. The molecular weight excluding hydrogens is 328 g/mol. The van der Waals surface area contributed by atoms with Gasteiger partial charge in [0.05, 0.1) is 6.61 Å². The number of thioether (sulfide) groups is 1. The van der Waals surface area contributed by atoms with Crippen molar-refractivity contribution in [3.63, 3.8) is 0 Å². The van der Waals surface area contributed by atoms with Gasteiger partial charge in [0.1, 0.15) is 11.6 Å². The first-order valence-corrected chi connectivity index (χ1v) is 8.94. The van der Waals surface area contributed by atoms with Crippen LogP contribution in [0.25, 0.3) is 10.9 Å². The number of hydrogen-bond acceptors (Lipinski definition) is 5. The molecule has 1 aliphatic rings. The number of para-hydroxylation sites is 1. The summed E-state index contributed by atoms with van der Waals surface area (Å²) in [5, 5.41) is 0.777. The van der Waals surface area contributed by atoms with Crippen molar-refractivity contribution < 1.29 is 14.3 Å². The van der Waals surface area contributed by atoms with Crippen LogP contribution in [0.3, 0.4) is 0 Å². The number of rotatable bonds is 3. The molecule has 1 aromatic carbocycles. The first-order chi connectivity index (χ1) is 11.6. The summed E-state index contributed by atoms with van der Waals surface area (Å²) in [7, 11) is 0. The molecule has 1 atom stereocenters. The number of carbonyl (C=O) groups is 2. The summed E-state index contributed by atoms with van der Waals surface area (Å²) in [6.45, 7) is 2.41. The van der Waals surface area contributed by atoms with E-state index in [4.69, 9.17) is 4.74 Å². The molecule has 1 fully saturated rings. The molecular formula is C17H18N2O4S. The SMILES string of the molecule is CCOC(=O)C1CSCCN1C(=O)c1cc2ccccc2[nH]c1=O. The van der Waals surface area contributed by atoms with Crippen molar-refractivity contribution in [1.82, 2.24) is 9.88 Å². The summed E-state index contributed by atoms with van der Waals surface area (Å²) in [4.78, 5) is 41.5. The number of hydrogen-bond donors (Lipinski definition) is 1. The minimum absolute atomic E-state index is 0.0508. The van der Waals surface area contributed by atoms with Crippen LogP contribution in [0.2, 0.25) is 0 Å². The molecule has 3 rings (SSSR count). The molecule has 6 nitrogen and oxygen atoms in total. The number of pyridine rings is 1. The van der Waals surface area contributed by atoms with Crippen LogP contribution in [-0.2, 0) is 9.53 Å². The van der Waals surface area contributed by atoms with Gasteiger partial charge in [0.2, 0.25) is 0 Å². The highest BCUT2D eigenvalue weighted by Crippen LogP contribution is 2.20. The molecule has 1 unspecified atom stereocenters. The lowest BCUT2D eigenvalue weighted by molar-refractivity contribution is -0.147. The Morgan fingerprint density at radius 1 is 1.38 bits per heavy atom. The van der Waals surface area contributed by atoms with Crippen molar-refractivity contribution in [2.75, 3.05) is 24.7 Å². The minimum Gasteiger partial charge on any atom is -0.464 e. The smallest absolute Gasteiger partial charge is 0.329 e. The van der Waals surface area contributed by atoms with E-state index in [1.54, 1.807) is 30.8 Å². The lowest BCUT2D eigenvalue weighted by atomic mass is 10.1. The first-order valence-electron chi connectivity index (χ1n) is 7.79. The average Bonchev–Trinajstić information content (AvgIpc) is 2.60. The van der Waals surface area contributed by atoms with E-state index >= 15 is 0 Å². The molecule has 2 heterocycles. The zero-order valence-electron chi connectivity index (χ0n) is 13.3. The van der Waals surface area contributed by atoms with Crippen LogP contribution in [-0.4, -0.2) is 52.5 Å². The van der Waals surface area contributed by atoms with Crippen LogP contribution in [0.4, 0.5) is 0 Å². The number of ether oxygens (including phenoxy) is 1.